The number of rotatable bonds is 4. The predicted octanol–water partition coefficient (Wildman–Crippen LogP) is -2.57. The van der Waals surface area contributed by atoms with Gasteiger partial charge in [-0.15, -0.1) is 0 Å². The molecule has 10 heavy (non-hydrogen) atoms. The fourth-order valence-corrected chi connectivity index (χ4v) is 0.962. The van der Waals surface area contributed by atoms with E-state index in [4.69, 9.17) is 0 Å². The SMILES string of the molecule is O=C([O-])CCCP(=O)([O-])[O-]. The lowest BCUT2D eigenvalue weighted by molar-refractivity contribution is -0.313. The summed E-state index contributed by atoms with van der Waals surface area (Å²) >= 11 is 0. The van der Waals surface area contributed by atoms with Gasteiger partial charge in [-0.25, -0.2) is 0 Å². The van der Waals surface area contributed by atoms with Crippen LogP contribution in [0.4, 0.5) is 0 Å². The van der Waals surface area contributed by atoms with Gasteiger partial charge >= 0.3 is 0 Å². The van der Waals surface area contributed by atoms with Crippen LogP contribution in [0.5, 0.6) is 0 Å². The Kier molecular flexibility index (Phi) is 3.57. The summed E-state index contributed by atoms with van der Waals surface area (Å²) < 4.78 is 9.87. The van der Waals surface area contributed by atoms with Crippen molar-refractivity contribution in [2.75, 3.05) is 6.16 Å². The number of carboxylic acid groups (broad SMARTS) is 1. The molecule has 0 unspecified atom stereocenters. The van der Waals surface area contributed by atoms with Crippen molar-refractivity contribution < 1.29 is 24.3 Å². The lowest BCUT2D eigenvalue weighted by atomic mass is 10.3. The van der Waals surface area contributed by atoms with E-state index in [1.165, 1.54) is 0 Å². The summed E-state index contributed by atoms with van der Waals surface area (Å²) in [5.74, 6) is -1.34. The van der Waals surface area contributed by atoms with Gasteiger partial charge in [0.2, 0.25) is 0 Å². The molecule has 60 valence electrons. The molecule has 0 aliphatic heterocycles. The smallest absolute Gasteiger partial charge is 0.0414 e. The van der Waals surface area contributed by atoms with Gasteiger partial charge in [0.25, 0.3) is 0 Å². The number of aliphatic carboxylic acids is 1. The van der Waals surface area contributed by atoms with E-state index < -0.39 is 19.7 Å². The Balaban J connectivity index is 3.39. The van der Waals surface area contributed by atoms with E-state index in [9.17, 15) is 24.3 Å². The van der Waals surface area contributed by atoms with Crippen molar-refractivity contribution >= 4 is 13.6 Å². The van der Waals surface area contributed by atoms with Gasteiger partial charge in [0.15, 0.2) is 0 Å². The van der Waals surface area contributed by atoms with Gasteiger partial charge in [0.1, 0.15) is 0 Å². The summed E-state index contributed by atoms with van der Waals surface area (Å²) in [6, 6.07) is 0. The normalized spacial score (nSPS) is 11.4. The zero-order chi connectivity index (χ0) is 8.20. The van der Waals surface area contributed by atoms with Crippen molar-refractivity contribution in [1.82, 2.24) is 0 Å². The molecule has 0 amide bonds. The molecule has 0 N–H and O–H groups in total. The summed E-state index contributed by atoms with van der Waals surface area (Å²) in [5, 5.41) is 9.68. The monoisotopic (exact) mass is 165 g/mol. The minimum absolute atomic E-state index is 0.160. The molecule has 0 radical (unpaired) electrons. The molecule has 0 aromatic carbocycles. The van der Waals surface area contributed by atoms with Crippen molar-refractivity contribution in [2.24, 2.45) is 0 Å². The van der Waals surface area contributed by atoms with Crippen LogP contribution in [0.2, 0.25) is 0 Å². The van der Waals surface area contributed by atoms with Gasteiger partial charge in [0.05, 0.1) is 0 Å². The Bertz CT molecular complexity index is 159. The predicted molar refractivity (Wildman–Crippen MR) is 26.7 cm³/mol. The molecular formula is C4H6O5P-3. The zero-order valence-corrected chi connectivity index (χ0v) is 6.00. The molecule has 0 bridgehead atoms. The molecule has 5 nitrogen and oxygen atoms in total. The Labute approximate surface area is 57.8 Å². The van der Waals surface area contributed by atoms with Gasteiger partial charge in [0, 0.05) is 5.97 Å². The summed E-state index contributed by atoms with van der Waals surface area (Å²) in [7, 11) is -4.51. The Morgan fingerprint density at radius 1 is 1.40 bits per heavy atom. The van der Waals surface area contributed by atoms with Crippen LogP contribution in [-0.2, 0) is 9.36 Å². The van der Waals surface area contributed by atoms with Gasteiger partial charge in [-0.05, 0) is 19.0 Å². The third-order valence-electron chi connectivity index (χ3n) is 0.813. The first-order valence-electron chi connectivity index (χ1n) is 2.63. The second-order valence-electron chi connectivity index (χ2n) is 1.81. The topological polar surface area (TPSA) is 103 Å². The van der Waals surface area contributed by atoms with Crippen LogP contribution < -0.4 is 14.9 Å². The first kappa shape index (κ1) is 9.62. The number of carboxylic acids is 1. The average molecular weight is 165 g/mol. The molecule has 0 fully saturated rings. The van der Waals surface area contributed by atoms with Crippen LogP contribution in [0.3, 0.4) is 0 Å². The van der Waals surface area contributed by atoms with Crippen molar-refractivity contribution in [3.05, 3.63) is 0 Å². The Hall–Kier alpha value is -0.380. The molecule has 0 aliphatic carbocycles. The number of hydrogen-bond acceptors (Lipinski definition) is 5. The molecule has 0 rings (SSSR count). The highest BCUT2D eigenvalue weighted by Crippen LogP contribution is 2.23. The second kappa shape index (κ2) is 3.71. The number of carbonyl (C=O) groups is 1. The van der Waals surface area contributed by atoms with E-state index in [1.54, 1.807) is 0 Å². The molecule has 6 heteroatoms. The third-order valence-corrected chi connectivity index (χ3v) is 1.68. The highest BCUT2D eigenvalue weighted by Gasteiger charge is 1.91. The maximum Gasteiger partial charge on any atom is 0.0414 e. The largest absolute Gasteiger partial charge is 0.811 e. The van der Waals surface area contributed by atoms with Crippen LogP contribution in [0.15, 0.2) is 0 Å². The third kappa shape index (κ3) is 7.62. The minimum atomic E-state index is -4.51. The van der Waals surface area contributed by atoms with E-state index in [0.717, 1.165) is 0 Å². The number of carbonyl (C=O) groups excluding carboxylic acids is 1. The first-order chi connectivity index (χ1) is 4.42. The number of hydrogen-bond donors (Lipinski definition) is 0. The van der Waals surface area contributed by atoms with Gasteiger partial charge in [-0.2, -0.15) is 0 Å². The van der Waals surface area contributed by atoms with E-state index in [2.05, 4.69) is 0 Å². The lowest BCUT2D eigenvalue weighted by Gasteiger charge is -2.29. The van der Waals surface area contributed by atoms with Crippen LogP contribution in [0.25, 0.3) is 0 Å². The quantitative estimate of drug-likeness (QED) is 0.426. The van der Waals surface area contributed by atoms with E-state index in [1.807, 2.05) is 0 Å². The average Bonchev–Trinajstić information content (AvgIpc) is 1.59. The maximum atomic E-state index is 9.87. The van der Waals surface area contributed by atoms with Crippen molar-refractivity contribution in [3.8, 4) is 0 Å². The molecule has 0 saturated heterocycles. The summed E-state index contributed by atoms with van der Waals surface area (Å²) in [6.45, 7) is 0. The molecule has 0 heterocycles. The fourth-order valence-electron chi connectivity index (χ4n) is 0.417. The van der Waals surface area contributed by atoms with Crippen LogP contribution >= 0.6 is 7.60 Å². The summed E-state index contributed by atoms with van der Waals surface area (Å²) in [6.07, 6.45) is -1.15. The van der Waals surface area contributed by atoms with Crippen molar-refractivity contribution in [2.45, 2.75) is 12.8 Å². The Morgan fingerprint density at radius 2 is 1.90 bits per heavy atom. The van der Waals surface area contributed by atoms with E-state index in [0.29, 0.717) is 0 Å². The fraction of sp³-hybridized carbons (Fsp3) is 0.750. The van der Waals surface area contributed by atoms with Crippen molar-refractivity contribution in [3.63, 3.8) is 0 Å². The molecule has 0 spiro atoms. The highest BCUT2D eigenvalue weighted by molar-refractivity contribution is 7.48. The van der Waals surface area contributed by atoms with Gasteiger partial charge in [-0.3, -0.25) is 0 Å². The van der Waals surface area contributed by atoms with Crippen LogP contribution in [-0.4, -0.2) is 12.1 Å². The molecule has 0 aromatic heterocycles. The second-order valence-corrected chi connectivity index (χ2v) is 3.48. The van der Waals surface area contributed by atoms with Crippen LogP contribution in [0, 0.1) is 0 Å². The van der Waals surface area contributed by atoms with E-state index in [-0.39, 0.29) is 12.8 Å². The van der Waals surface area contributed by atoms with Gasteiger partial charge in [-0.1, -0.05) is 7.60 Å². The summed E-state index contributed by atoms with van der Waals surface area (Å²) in [5.41, 5.74) is 0. The molecule has 0 aromatic rings. The van der Waals surface area contributed by atoms with Crippen LogP contribution in [0.1, 0.15) is 12.8 Å². The zero-order valence-electron chi connectivity index (χ0n) is 5.11. The van der Waals surface area contributed by atoms with Gasteiger partial charge < -0.3 is 24.3 Å². The standard InChI is InChI=1S/C4H9O5P/c5-4(6)2-1-3-10(7,8)9/h1-3H2,(H,5,6)(H2,7,8,9)/p-3. The molecule has 0 saturated carbocycles. The summed E-state index contributed by atoms with van der Waals surface area (Å²) in [4.78, 5) is 29.4. The first-order valence-corrected chi connectivity index (χ1v) is 4.35. The molecule has 0 atom stereocenters. The highest BCUT2D eigenvalue weighted by atomic mass is 31.2. The molecule has 0 aliphatic rings. The Morgan fingerprint density at radius 3 is 2.20 bits per heavy atom. The minimum Gasteiger partial charge on any atom is -0.811 e. The van der Waals surface area contributed by atoms with Crippen molar-refractivity contribution in [1.29, 1.82) is 0 Å². The van der Waals surface area contributed by atoms with E-state index >= 15 is 0 Å². The lowest BCUT2D eigenvalue weighted by Crippen LogP contribution is -2.23. The molecular weight excluding hydrogens is 159 g/mol. The maximum absolute atomic E-state index is 9.87.